The summed E-state index contributed by atoms with van der Waals surface area (Å²) in [6.07, 6.45) is 3.40. The van der Waals surface area contributed by atoms with Crippen LogP contribution in [0.4, 0.5) is 4.79 Å². The van der Waals surface area contributed by atoms with Crippen LogP contribution in [0.3, 0.4) is 0 Å². The molecule has 6 N–H and O–H groups in total. The molecule has 0 saturated heterocycles. The van der Waals surface area contributed by atoms with Gasteiger partial charge in [-0.2, -0.15) is 0 Å². The van der Waals surface area contributed by atoms with Crippen molar-refractivity contribution in [1.29, 1.82) is 0 Å². The Morgan fingerprint density at radius 2 is 1.91 bits per heavy atom. The summed E-state index contributed by atoms with van der Waals surface area (Å²) >= 11 is 0. The van der Waals surface area contributed by atoms with E-state index in [-0.39, 0.29) is 18.7 Å². The third kappa shape index (κ3) is 9.96. The van der Waals surface area contributed by atoms with E-state index in [0.717, 1.165) is 24.2 Å². The number of benzene rings is 1. The minimum Gasteiger partial charge on any atom is -0.494 e. The fourth-order valence-electron chi connectivity index (χ4n) is 3.56. The van der Waals surface area contributed by atoms with Crippen LogP contribution in [-0.4, -0.2) is 67.0 Å². The van der Waals surface area contributed by atoms with Gasteiger partial charge in [0.2, 0.25) is 5.91 Å². The Kier molecular flexibility index (Phi) is 11.1. The molecule has 0 aromatic heterocycles. The summed E-state index contributed by atoms with van der Waals surface area (Å²) in [5, 5.41) is 17.5. The molecule has 190 valence electrons. The fraction of sp³-hybridized carbons (Fsp3) is 0.625. The number of carboxylic acid groups (broad SMARTS) is 1. The molecule has 10 heteroatoms. The van der Waals surface area contributed by atoms with Crippen molar-refractivity contribution in [2.45, 2.75) is 70.0 Å². The number of aliphatic carboxylic acids is 1. The number of rotatable bonds is 7. The summed E-state index contributed by atoms with van der Waals surface area (Å²) in [5.74, 6) is -0.791. The Balaban J connectivity index is 2.15. The molecule has 2 bridgehead atoms. The number of hydrogen-bond acceptors (Lipinski definition) is 6. The van der Waals surface area contributed by atoms with Gasteiger partial charge in [0.15, 0.2) is 0 Å². The minimum atomic E-state index is -1.14. The van der Waals surface area contributed by atoms with Crippen molar-refractivity contribution in [2.75, 3.05) is 26.4 Å². The largest absolute Gasteiger partial charge is 0.494 e. The van der Waals surface area contributed by atoms with Crippen LogP contribution in [0.15, 0.2) is 24.3 Å². The lowest BCUT2D eigenvalue weighted by Crippen LogP contribution is -2.58. The van der Waals surface area contributed by atoms with Crippen LogP contribution in [0.5, 0.6) is 5.75 Å². The number of carboxylic acids is 1. The summed E-state index contributed by atoms with van der Waals surface area (Å²) in [6.45, 7) is 5.59. The molecule has 34 heavy (non-hydrogen) atoms. The molecule has 0 radical (unpaired) electrons. The molecule has 0 fully saturated rings. The maximum Gasteiger partial charge on any atom is 0.326 e. The molecule has 3 rings (SSSR count). The highest BCUT2D eigenvalue weighted by Gasteiger charge is 2.29. The summed E-state index contributed by atoms with van der Waals surface area (Å²) < 4.78 is 11.5. The Labute approximate surface area is 200 Å². The maximum absolute atomic E-state index is 13.1. The van der Waals surface area contributed by atoms with Crippen LogP contribution in [0.1, 0.15) is 51.5 Å². The molecule has 0 spiro atoms. The summed E-state index contributed by atoms with van der Waals surface area (Å²) in [4.78, 5) is 37.3. The molecule has 2 atom stereocenters. The van der Waals surface area contributed by atoms with Crippen molar-refractivity contribution in [1.82, 2.24) is 16.0 Å². The average Bonchev–Trinajstić information content (AvgIpc) is 2.77. The summed E-state index contributed by atoms with van der Waals surface area (Å²) in [7, 11) is 0. The molecule has 1 aromatic rings. The van der Waals surface area contributed by atoms with Gasteiger partial charge in [0.1, 0.15) is 17.8 Å². The quantitative estimate of drug-likeness (QED) is 0.373. The van der Waals surface area contributed by atoms with Gasteiger partial charge in [-0.1, -0.05) is 12.1 Å². The third-order valence-electron chi connectivity index (χ3n) is 5.41. The summed E-state index contributed by atoms with van der Waals surface area (Å²) in [5.41, 5.74) is 5.64. The number of hydrogen-bond donors (Lipinski definition) is 5. The third-order valence-corrected chi connectivity index (χ3v) is 5.41. The first-order chi connectivity index (χ1) is 16.2. The van der Waals surface area contributed by atoms with Crippen molar-refractivity contribution < 1.29 is 29.0 Å². The summed E-state index contributed by atoms with van der Waals surface area (Å²) in [6, 6.07) is 4.65. The molecule has 2 heterocycles. The Bertz CT molecular complexity index is 799. The predicted molar refractivity (Wildman–Crippen MR) is 128 cm³/mol. The number of carbonyl (C=O) groups excluding carboxylic acids is 2. The standard InChI is InChI=1S/C24H38N4O6/c1-24(2)16-33-13-5-6-14-34-18-10-8-17(9-11-18)15-20(21(29)28-24)27-23(32)26-19(22(30)31)7-3-4-12-25/h8-11,19-20H,3-7,12-16,25H2,1-2H3,(H,28,29)(H,30,31)(H2,26,27,32). The smallest absolute Gasteiger partial charge is 0.326 e. The number of fused-ring (bicyclic) bond motifs is 13. The monoisotopic (exact) mass is 478 g/mol. The number of nitrogens with two attached hydrogens (primary N) is 1. The van der Waals surface area contributed by atoms with Gasteiger partial charge in [-0.3, -0.25) is 4.79 Å². The molecule has 3 amide bonds. The zero-order valence-corrected chi connectivity index (χ0v) is 20.1. The minimum absolute atomic E-state index is 0.224. The van der Waals surface area contributed by atoms with Gasteiger partial charge >= 0.3 is 12.0 Å². The van der Waals surface area contributed by atoms with E-state index in [1.165, 1.54) is 0 Å². The molecule has 2 aliphatic heterocycles. The van der Waals surface area contributed by atoms with Gasteiger partial charge in [-0.15, -0.1) is 0 Å². The lowest BCUT2D eigenvalue weighted by molar-refractivity contribution is -0.139. The highest BCUT2D eigenvalue weighted by Crippen LogP contribution is 2.15. The van der Waals surface area contributed by atoms with Crippen LogP contribution in [0.25, 0.3) is 0 Å². The number of nitrogens with one attached hydrogen (secondary N) is 3. The molecule has 0 aliphatic carbocycles. The number of urea groups is 1. The Morgan fingerprint density at radius 1 is 1.21 bits per heavy atom. The van der Waals surface area contributed by atoms with Crippen LogP contribution < -0.4 is 26.4 Å². The molecule has 10 nitrogen and oxygen atoms in total. The highest BCUT2D eigenvalue weighted by atomic mass is 16.5. The van der Waals surface area contributed by atoms with Crippen molar-refractivity contribution in [3.63, 3.8) is 0 Å². The second kappa shape index (κ2) is 13.8. The number of ether oxygens (including phenoxy) is 2. The molecule has 2 aliphatic rings. The molecular formula is C24H38N4O6. The first-order valence-corrected chi connectivity index (χ1v) is 11.8. The second-order valence-corrected chi connectivity index (χ2v) is 9.18. The normalized spacial score (nSPS) is 20.0. The van der Waals surface area contributed by atoms with Crippen LogP contribution in [-0.2, 0) is 20.7 Å². The number of carbonyl (C=O) groups is 3. The van der Waals surface area contributed by atoms with E-state index in [9.17, 15) is 19.5 Å². The number of amides is 3. The lowest BCUT2D eigenvalue weighted by atomic mass is 10.0. The van der Waals surface area contributed by atoms with E-state index in [1.54, 1.807) is 0 Å². The molecule has 2 unspecified atom stereocenters. The van der Waals surface area contributed by atoms with E-state index in [4.69, 9.17) is 15.2 Å². The van der Waals surface area contributed by atoms with E-state index < -0.39 is 29.6 Å². The lowest BCUT2D eigenvalue weighted by Gasteiger charge is -2.29. The van der Waals surface area contributed by atoms with Crippen molar-refractivity contribution >= 4 is 17.9 Å². The van der Waals surface area contributed by atoms with Crippen LogP contribution >= 0.6 is 0 Å². The number of unbranched alkanes of at least 4 members (excludes halogenated alkanes) is 1. The van der Waals surface area contributed by atoms with E-state index >= 15 is 0 Å². The fourth-order valence-corrected chi connectivity index (χ4v) is 3.56. The van der Waals surface area contributed by atoms with Gasteiger partial charge in [-0.05, 0) is 70.2 Å². The predicted octanol–water partition coefficient (Wildman–Crippen LogP) is 1.56. The first kappa shape index (κ1) is 27.4. The Morgan fingerprint density at radius 3 is 2.59 bits per heavy atom. The van der Waals surface area contributed by atoms with Crippen LogP contribution in [0, 0.1) is 0 Å². The SMILES string of the molecule is CC1(C)COCCCCOc2ccc(cc2)CC(NC(=O)NC(CCCCN)C(=O)O)C(=O)N1. The topological polar surface area (TPSA) is 152 Å². The highest BCUT2D eigenvalue weighted by molar-refractivity contribution is 5.89. The molecule has 1 aromatic carbocycles. The van der Waals surface area contributed by atoms with Gasteiger partial charge in [0.25, 0.3) is 0 Å². The van der Waals surface area contributed by atoms with Crippen LogP contribution in [0.2, 0.25) is 0 Å². The van der Waals surface area contributed by atoms with E-state index in [1.807, 2.05) is 38.1 Å². The second-order valence-electron chi connectivity index (χ2n) is 9.18. The van der Waals surface area contributed by atoms with Gasteiger partial charge in [-0.25, -0.2) is 9.59 Å². The first-order valence-electron chi connectivity index (χ1n) is 11.8. The van der Waals surface area contributed by atoms with Gasteiger partial charge in [0.05, 0.1) is 18.8 Å². The van der Waals surface area contributed by atoms with Crippen molar-refractivity contribution in [2.24, 2.45) is 5.73 Å². The van der Waals surface area contributed by atoms with Crippen molar-refractivity contribution in [3.8, 4) is 5.75 Å². The van der Waals surface area contributed by atoms with Gasteiger partial charge in [0, 0.05) is 13.0 Å². The van der Waals surface area contributed by atoms with E-state index in [2.05, 4.69) is 16.0 Å². The van der Waals surface area contributed by atoms with Gasteiger partial charge < -0.3 is 36.3 Å². The zero-order valence-electron chi connectivity index (χ0n) is 20.1. The van der Waals surface area contributed by atoms with Crippen molar-refractivity contribution in [3.05, 3.63) is 29.8 Å². The zero-order chi connectivity index (χ0) is 25.0. The maximum atomic E-state index is 13.1. The molecular weight excluding hydrogens is 440 g/mol. The molecule has 0 saturated carbocycles. The Hall–Kier alpha value is -2.85. The average molecular weight is 479 g/mol. The van der Waals surface area contributed by atoms with E-state index in [0.29, 0.717) is 39.2 Å².